The fourth-order valence-corrected chi connectivity index (χ4v) is 1.52. The van der Waals surface area contributed by atoms with E-state index in [9.17, 15) is 4.79 Å². The molecule has 2 aromatic heterocycles. The first-order valence-corrected chi connectivity index (χ1v) is 5.72. The van der Waals surface area contributed by atoms with Crippen molar-refractivity contribution in [3.63, 3.8) is 0 Å². The Balaban J connectivity index is 1.95. The largest absolute Gasteiger partial charge is 0.326 e. The number of hydrogen-bond donors (Lipinski definition) is 1. The van der Waals surface area contributed by atoms with Gasteiger partial charge in [-0.2, -0.15) is 0 Å². The van der Waals surface area contributed by atoms with Gasteiger partial charge in [0.25, 0.3) is 0 Å². The van der Waals surface area contributed by atoms with Crippen LogP contribution in [0.2, 0.25) is 0 Å². The number of pyridine rings is 1. The van der Waals surface area contributed by atoms with Crippen LogP contribution in [0.25, 0.3) is 0 Å². The van der Waals surface area contributed by atoms with Crippen molar-refractivity contribution in [1.82, 2.24) is 15.0 Å². The molecule has 0 saturated carbocycles. The number of hydrogen-bond acceptors (Lipinski definition) is 5. The van der Waals surface area contributed by atoms with Gasteiger partial charge in [0.2, 0.25) is 0 Å². The minimum atomic E-state index is -0.0672. The lowest BCUT2D eigenvalue weighted by Crippen LogP contribution is -2.08. The summed E-state index contributed by atoms with van der Waals surface area (Å²) in [4.78, 5) is 23.9. The van der Waals surface area contributed by atoms with Crippen LogP contribution < -0.4 is 5.73 Å². The van der Waals surface area contributed by atoms with E-state index in [1.54, 1.807) is 24.8 Å². The van der Waals surface area contributed by atoms with Gasteiger partial charge in [-0.1, -0.05) is 6.07 Å². The van der Waals surface area contributed by atoms with Crippen molar-refractivity contribution in [2.24, 2.45) is 5.73 Å². The lowest BCUT2D eigenvalue weighted by molar-refractivity contribution is 0.0972. The molecule has 0 aliphatic carbocycles. The van der Waals surface area contributed by atoms with E-state index in [4.69, 9.17) is 5.73 Å². The molecule has 18 heavy (non-hydrogen) atoms. The number of carbonyl (C=O) groups is 1. The molecule has 0 atom stereocenters. The van der Waals surface area contributed by atoms with Crippen LogP contribution in [0.5, 0.6) is 0 Å². The summed E-state index contributed by atoms with van der Waals surface area (Å²) in [5, 5.41) is 0. The average molecular weight is 242 g/mol. The molecule has 0 bridgehead atoms. The Morgan fingerprint density at radius 2 is 1.94 bits per heavy atom. The second-order valence-electron chi connectivity index (χ2n) is 3.90. The number of Topliss-reactive ketones (excluding diaryl/α,β-unsaturated/α-hetero) is 1. The average Bonchev–Trinajstić information content (AvgIpc) is 2.46. The van der Waals surface area contributed by atoms with E-state index in [1.807, 2.05) is 12.1 Å². The third-order valence-electron chi connectivity index (χ3n) is 2.55. The third-order valence-corrected chi connectivity index (χ3v) is 2.55. The second kappa shape index (κ2) is 5.97. The van der Waals surface area contributed by atoms with Gasteiger partial charge in [0, 0.05) is 43.3 Å². The highest BCUT2D eigenvalue weighted by atomic mass is 16.1. The third kappa shape index (κ3) is 3.18. The number of carbonyl (C=O) groups excluding carboxylic acids is 1. The zero-order valence-electron chi connectivity index (χ0n) is 9.91. The van der Waals surface area contributed by atoms with Crippen molar-refractivity contribution in [2.45, 2.75) is 19.4 Å². The summed E-state index contributed by atoms with van der Waals surface area (Å²) in [7, 11) is 0. The van der Waals surface area contributed by atoms with E-state index >= 15 is 0 Å². The van der Waals surface area contributed by atoms with Crippen molar-refractivity contribution in [2.75, 3.05) is 0 Å². The molecule has 2 heterocycles. The SMILES string of the molecule is NCc1cnc(C(=O)CCc2cccnc2)nc1. The Labute approximate surface area is 105 Å². The molecule has 0 amide bonds. The van der Waals surface area contributed by atoms with Gasteiger partial charge in [0.15, 0.2) is 11.6 Å². The van der Waals surface area contributed by atoms with E-state index in [1.165, 1.54) is 0 Å². The van der Waals surface area contributed by atoms with Gasteiger partial charge in [-0.15, -0.1) is 0 Å². The molecule has 2 aromatic rings. The number of nitrogens with two attached hydrogens (primary N) is 1. The fraction of sp³-hybridized carbons (Fsp3) is 0.231. The lowest BCUT2D eigenvalue weighted by atomic mass is 10.1. The van der Waals surface area contributed by atoms with E-state index < -0.39 is 0 Å². The van der Waals surface area contributed by atoms with Crippen LogP contribution >= 0.6 is 0 Å². The summed E-state index contributed by atoms with van der Waals surface area (Å²) in [6.07, 6.45) is 7.67. The van der Waals surface area contributed by atoms with Crippen molar-refractivity contribution >= 4 is 5.78 Å². The van der Waals surface area contributed by atoms with E-state index in [2.05, 4.69) is 15.0 Å². The number of rotatable bonds is 5. The zero-order valence-corrected chi connectivity index (χ0v) is 9.91. The summed E-state index contributed by atoms with van der Waals surface area (Å²) in [5.74, 6) is 0.179. The van der Waals surface area contributed by atoms with Crippen LogP contribution in [-0.2, 0) is 13.0 Å². The number of aromatic nitrogens is 3. The highest BCUT2D eigenvalue weighted by Gasteiger charge is 2.09. The second-order valence-corrected chi connectivity index (χ2v) is 3.90. The normalized spacial score (nSPS) is 10.3. The van der Waals surface area contributed by atoms with Gasteiger partial charge in [-0.25, -0.2) is 9.97 Å². The molecular weight excluding hydrogens is 228 g/mol. The standard InChI is InChI=1S/C13H14N4O/c14-6-11-8-16-13(17-9-11)12(18)4-3-10-2-1-5-15-7-10/h1-2,5,7-9H,3-4,6,14H2. The maximum absolute atomic E-state index is 11.8. The van der Waals surface area contributed by atoms with Crippen LogP contribution in [0.4, 0.5) is 0 Å². The fourth-order valence-electron chi connectivity index (χ4n) is 1.52. The monoisotopic (exact) mass is 242 g/mol. The predicted molar refractivity (Wildman–Crippen MR) is 66.8 cm³/mol. The molecule has 0 aromatic carbocycles. The molecular formula is C13H14N4O. The summed E-state index contributed by atoms with van der Waals surface area (Å²) >= 11 is 0. The van der Waals surface area contributed by atoms with Gasteiger partial charge < -0.3 is 5.73 Å². The van der Waals surface area contributed by atoms with Crippen molar-refractivity contribution in [3.05, 3.63) is 53.9 Å². The van der Waals surface area contributed by atoms with Crippen molar-refractivity contribution in [3.8, 4) is 0 Å². The summed E-state index contributed by atoms with van der Waals surface area (Å²) in [5.41, 5.74) is 7.29. The molecule has 0 radical (unpaired) electrons. The van der Waals surface area contributed by atoms with Crippen LogP contribution in [0, 0.1) is 0 Å². The Hall–Kier alpha value is -2.14. The van der Waals surface area contributed by atoms with Crippen LogP contribution in [0.1, 0.15) is 28.2 Å². The topological polar surface area (TPSA) is 81.8 Å². The van der Waals surface area contributed by atoms with Gasteiger partial charge in [-0.3, -0.25) is 9.78 Å². The molecule has 5 nitrogen and oxygen atoms in total. The predicted octanol–water partition coefficient (Wildman–Crippen LogP) is 1.15. The first kappa shape index (κ1) is 12.3. The van der Waals surface area contributed by atoms with E-state index in [0.29, 0.717) is 19.4 Å². The molecule has 5 heteroatoms. The quantitative estimate of drug-likeness (QED) is 0.795. The number of ketones is 1. The molecule has 0 saturated heterocycles. The maximum Gasteiger partial charge on any atom is 0.200 e. The van der Waals surface area contributed by atoms with Gasteiger partial charge in [0.1, 0.15) is 0 Å². The summed E-state index contributed by atoms with van der Waals surface area (Å²) in [6, 6.07) is 3.80. The minimum absolute atomic E-state index is 0.0672. The van der Waals surface area contributed by atoms with Gasteiger partial charge >= 0.3 is 0 Å². The summed E-state index contributed by atoms with van der Waals surface area (Å²) < 4.78 is 0. The Morgan fingerprint density at radius 1 is 1.17 bits per heavy atom. The molecule has 2 N–H and O–H groups in total. The molecule has 92 valence electrons. The molecule has 0 fully saturated rings. The molecule has 0 spiro atoms. The van der Waals surface area contributed by atoms with Gasteiger partial charge in [-0.05, 0) is 18.1 Å². The maximum atomic E-state index is 11.8. The molecule has 2 rings (SSSR count). The Kier molecular flexibility index (Phi) is 4.09. The number of nitrogens with zero attached hydrogens (tertiary/aromatic N) is 3. The van der Waals surface area contributed by atoms with E-state index in [-0.39, 0.29) is 11.6 Å². The molecule has 0 unspecified atom stereocenters. The zero-order chi connectivity index (χ0) is 12.8. The van der Waals surface area contributed by atoms with Crippen LogP contribution in [0.3, 0.4) is 0 Å². The highest BCUT2D eigenvalue weighted by Crippen LogP contribution is 2.04. The first-order chi connectivity index (χ1) is 8.79. The van der Waals surface area contributed by atoms with Gasteiger partial charge in [0.05, 0.1) is 0 Å². The Bertz CT molecular complexity index is 510. The van der Waals surface area contributed by atoms with Crippen LogP contribution in [0.15, 0.2) is 36.9 Å². The first-order valence-electron chi connectivity index (χ1n) is 5.72. The van der Waals surface area contributed by atoms with Crippen LogP contribution in [-0.4, -0.2) is 20.7 Å². The number of aryl methyl sites for hydroxylation is 1. The smallest absolute Gasteiger partial charge is 0.200 e. The lowest BCUT2D eigenvalue weighted by Gasteiger charge is -2.01. The minimum Gasteiger partial charge on any atom is -0.326 e. The molecule has 0 aliphatic heterocycles. The Morgan fingerprint density at radius 3 is 2.56 bits per heavy atom. The van der Waals surface area contributed by atoms with E-state index in [0.717, 1.165) is 11.1 Å². The summed E-state index contributed by atoms with van der Waals surface area (Å²) in [6.45, 7) is 0.379. The van der Waals surface area contributed by atoms with Crippen molar-refractivity contribution in [1.29, 1.82) is 0 Å². The van der Waals surface area contributed by atoms with Crippen molar-refractivity contribution < 1.29 is 4.79 Å². The molecule has 0 aliphatic rings. The highest BCUT2D eigenvalue weighted by molar-refractivity contribution is 5.92.